The molecule has 0 fully saturated rings. The summed E-state index contributed by atoms with van der Waals surface area (Å²) in [5.74, 6) is 0. The lowest BCUT2D eigenvalue weighted by atomic mass is 10.1. The van der Waals surface area contributed by atoms with E-state index >= 15 is 0 Å². The maximum Gasteiger partial charge on any atom is 0.315 e. The maximum atomic E-state index is 11.9. The van der Waals surface area contributed by atoms with E-state index in [1.165, 1.54) is 15.6 Å². The van der Waals surface area contributed by atoms with E-state index in [4.69, 9.17) is 0 Å². The molecule has 2 amide bonds. The number of urea groups is 1. The van der Waals surface area contributed by atoms with Crippen LogP contribution in [0.5, 0.6) is 0 Å². The predicted octanol–water partition coefficient (Wildman–Crippen LogP) is 4.39. The second-order valence-corrected chi connectivity index (χ2v) is 7.21. The Bertz CT molecular complexity index is 749. The van der Waals surface area contributed by atoms with Crippen molar-refractivity contribution in [2.75, 3.05) is 0 Å². The van der Waals surface area contributed by atoms with Crippen LogP contribution in [0, 0.1) is 0 Å². The van der Waals surface area contributed by atoms with Crippen LogP contribution in [0.3, 0.4) is 0 Å². The number of fused-ring (bicyclic) bond motifs is 1. The highest BCUT2D eigenvalue weighted by molar-refractivity contribution is 7.17. The molecule has 0 radical (unpaired) electrons. The molecule has 0 bridgehead atoms. The number of hydrogen-bond acceptors (Lipinski definition) is 3. The predicted molar refractivity (Wildman–Crippen MR) is 94.7 cm³/mol. The lowest BCUT2D eigenvalue weighted by molar-refractivity contribution is 0.237. The Morgan fingerprint density at radius 2 is 2.05 bits per heavy atom. The summed E-state index contributed by atoms with van der Waals surface area (Å²) in [5, 5.41) is 11.4. The first-order valence-electron chi connectivity index (χ1n) is 7.24. The molecular formula is C17H18N2OS2. The third-order valence-electron chi connectivity index (χ3n) is 3.47. The zero-order valence-electron chi connectivity index (χ0n) is 12.3. The minimum atomic E-state index is -0.111. The first kappa shape index (κ1) is 15.1. The first-order valence-corrected chi connectivity index (χ1v) is 9.00. The molecule has 0 aliphatic rings. The summed E-state index contributed by atoms with van der Waals surface area (Å²) in [4.78, 5) is 13.1. The van der Waals surface area contributed by atoms with Crippen LogP contribution in [0.2, 0.25) is 0 Å². The highest BCUT2D eigenvalue weighted by atomic mass is 32.1. The van der Waals surface area contributed by atoms with Crippen molar-refractivity contribution in [1.29, 1.82) is 0 Å². The Morgan fingerprint density at radius 3 is 2.86 bits per heavy atom. The Labute approximate surface area is 138 Å². The summed E-state index contributed by atoms with van der Waals surface area (Å²) in [5.41, 5.74) is 1.30. The van der Waals surface area contributed by atoms with E-state index in [0.29, 0.717) is 6.54 Å². The summed E-state index contributed by atoms with van der Waals surface area (Å²) >= 11 is 3.40. The molecule has 0 spiro atoms. The summed E-state index contributed by atoms with van der Waals surface area (Å²) in [6.45, 7) is 2.62. The van der Waals surface area contributed by atoms with Crippen molar-refractivity contribution in [3.05, 3.63) is 57.6 Å². The van der Waals surface area contributed by atoms with Crippen LogP contribution in [-0.4, -0.2) is 12.1 Å². The first-order chi connectivity index (χ1) is 10.7. The van der Waals surface area contributed by atoms with Crippen LogP contribution < -0.4 is 10.6 Å². The molecule has 0 saturated carbocycles. The van der Waals surface area contributed by atoms with Gasteiger partial charge in [-0.15, -0.1) is 22.7 Å². The standard InChI is InChI=1S/C17H18N2OS2/c1-12(19-17(20)18-10-14-5-4-8-21-14)9-13-11-22-16-7-3-2-6-15(13)16/h2-8,11-12H,9-10H2,1H3,(H2,18,19,20)/t12-/m1/s1. The topological polar surface area (TPSA) is 41.1 Å². The van der Waals surface area contributed by atoms with Crippen molar-refractivity contribution in [2.45, 2.75) is 25.9 Å². The van der Waals surface area contributed by atoms with Gasteiger partial charge in [-0.2, -0.15) is 0 Å². The lowest BCUT2D eigenvalue weighted by Crippen LogP contribution is -2.41. The number of hydrogen-bond donors (Lipinski definition) is 2. The SMILES string of the molecule is C[C@H](Cc1csc2ccccc12)NC(=O)NCc1cccs1. The monoisotopic (exact) mass is 330 g/mol. The largest absolute Gasteiger partial charge is 0.335 e. The van der Waals surface area contributed by atoms with Crippen LogP contribution in [0.25, 0.3) is 10.1 Å². The molecule has 3 aromatic rings. The van der Waals surface area contributed by atoms with Gasteiger partial charge in [0.2, 0.25) is 0 Å². The Hall–Kier alpha value is -1.85. The van der Waals surface area contributed by atoms with Gasteiger partial charge in [0.05, 0.1) is 6.54 Å². The quantitative estimate of drug-likeness (QED) is 0.715. The summed E-state index contributed by atoms with van der Waals surface area (Å²) in [6.07, 6.45) is 0.844. The van der Waals surface area contributed by atoms with Crippen LogP contribution in [0.1, 0.15) is 17.4 Å². The van der Waals surface area contributed by atoms with E-state index in [1.54, 1.807) is 22.7 Å². The van der Waals surface area contributed by atoms with Gasteiger partial charge >= 0.3 is 6.03 Å². The average Bonchev–Trinajstić information content (AvgIpc) is 3.15. The fourth-order valence-electron chi connectivity index (χ4n) is 2.43. The molecule has 2 aromatic heterocycles. The molecule has 2 heterocycles. The Kier molecular flexibility index (Phi) is 4.75. The van der Waals surface area contributed by atoms with E-state index < -0.39 is 0 Å². The van der Waals surface area contributed by atoms with Crippen molar-refractivity contribution >= 4 is 38.8 Å². The zero-order chi connectivity index (χ0) is 15.4. The van der Waals surface area contributed by atoms with Crippen molar-refractivity contribution in [2.24, 2.45) is 0 Å². The molecule has 0 unspecified atom stereocenters. The number of nitrogens with one attached hydrogen (secondary N) is 2. The molecule has 3 nitrogen and oxygen atoms in total. The summed E-state index contributed by atoms with van der Waals surface area (Å²) < 4.78 is 1.30. The third kappa shape index (κ3) is 3.67. The number of thiophene rings is 2. The second-order valence-electron chi connectivity index (χ2n) is 5.27. The van der Waals surface area contributed by atoms with Crippen molar-refractivity contribution < 1.29 is 4.79 Å². The van der Waals surface area contributed by atoms with E-state index in [2.05, 4.69) is 40.3 Å². The number of rotatable bonds is 5. The van der Waals surface area contributed by atoms with Gasteiger partial charge in [-0.3, -0.25) is 0 Å². The number of benzene rings is 1. The maximum absolute atomic E-state index is 11.9. The van der Waals surface area contributed by atoms with Gasteiger partial charge in [0.1, 0.15) is 0 Å². The van der Waals surface area contributed by atoms with Gasteiger partial charge in [0, 0.05) is 15.6 Å². The molecular weight excluding hydrogens is 312 g/mol. The number of carbonyl (C=O) groups excluding carboxylic acids is 1. The smallest absolute Gasteiger partial charge is 0.315 e. The molecule has 0 aliphatic carbocycles. The normalized spacial score (nSPS) is 12.2. The van der Waals surface area contributed by atoms with Crippen molar-refractivity contribution in [1.82, 2.24) is 10.6 Å². The second kappa shape index (κ2) is 6.94. The molecule has 3 rings (SSSR count). The van der Waals surface area contributed by atoms with Crippen LogP contribution in [0.4, 0.5) is 4.79 Å². The van der Waals surface area contributed by atoms with Crippen LogP contribution in [-0.2, 0) is 13.0 Å². The van der Waals surface area contributed by atoms with Gasteiger partial charge in [-0.25, -0.2) is 4.79 Å². The fourth-order valence-corrected chi connectivity index (χ4v) is 4.05. The Balaban J connectivity index is 1.53. The lowest BCUT2D eigenvalue weighted by Gasteiger charge is -2.14. The number of carbonyl (C=O) groups is 1. The van der Waals surface area contributed by atoms with Crippen molar-refractivity contribution in [3.63, 3.8) is 0 Å². The van der Waals surface area contributed by atoms with Crippen molar-refractivity contribution in [3.8, 4) is 0 Å². The van der Waals surface area contributed by atoms with Crippen LogP contribution in [0.15, 0.2) is 47.2 Å². The fraction of sp³-hybridized carbons (Fsp3) is 0.235. The van der Waals surface area contributed by atoms with E-state index in [9.17, 15) is 4.79 Å². The van der Waals surface area contributed by atoms with Gasteiger partial charge < -0.3 is 10.6 Å². The Morgan fingerprint density at radius 1 is 1.18 bits per heavy atom. The molecule has 22 heavy (non-hydrogen) atoms. The molecule has 5 heteroatoms. The summed E-state index contributed by atoms with van der Waals surface area (Å²) in [6, 6.07) is 12.4. The minimum Gasteiger partial charge on any atom is -0.335 e. The molecule has 0 saturated heterocycles. The molecule has 1 atom stereocenters. The third-order valence-corrected chi connectivity index (χ3v) is 5.36. The highest BCUT2D eigenvalue weighted by Crippen LogP contribution is 2.26. The van der Waals surface area contributed by atoms with E-state index in [0.717, 1.165) is 11.3 Å². The van der Waals surface area contributed by atoms with E-state index in [1.807, 2.05) is 24.4 Å². The number of amides is 2. The molecule has 1 aromatic carbocycles. The van der Waals surface area contributed by atoms with Gasteiger partial charge in [0.25, 0.3) is 0 Å². The zero-order valence-corrected chi connectivity index (χ0v) is 14.0. The van der Waals surface area contributed by atoms with Crippen LogP contribution >= 0.6 is 22.7 Å². The minimum absolute atomic E-state index is 0.0985. The van der Waals surface area contributed by atoms with Gasteiger partial charge in [0.15, 0.2) is 0 Å². The molecule has 114 valence electrons. The molecule has 0 aliphatic heterocycles. The van der Waals surface area contributed by atoms with Gasteiger partial charge in [-0.1, -0.05) is 24.3 Å². The van der Waals surface area contributed by atoms with E-state index in [-0.39, 0.29) is 12.1 Å². The summed E-state index contributed by atoms with van der Waals surface area (Å²) in [7, 11) is 0. The average molecular weight is 330 g/mol. The van der Waals surface area contributed by atoms with Gasteiger partial charge in [-0.05, 0) is 47.2 Å². The molecule has 2 N–H and O–H groups in total. The highest BCUT2D eigenvalue weighted by Gasteiger charge is 2.11.